The summed E-state index contributed by atoms with van der Waals surface area (Å²) in [5.41, 5.74) is -0.820. The van der Waals surface area contributed by atoms with Gasteiger partial charge in [0, 0.05) is 30.0 Å². The lowest BCUT2D eigenvalue weighted by atomic mass is 10.1. The summed E-state index contributed by atoms with van der Waals surface area (Å²) in [5.74, 6) is -0.899. The van der Waals surface area contributed by atoms with Crippen LogP contribution in [0.2, 0.25) is 0 Å². The summed E-state index contributed by atoms with van der Waals surface area (Å²) >= 11 is 4.98. The van der Waals surface area contributed by atoms with Crippen molar-refractivity contribution in [3.63, 3.8) is 0 Å². The summed E-state index contributed by atoms with van der Waals surface area (Å²) in [6.07, 6.45) is 0. The van der Waals surface area contributed by atoms with Gasteiger partial charge >= 0.3 is 0 Å². The Balaban J connectivity index is 2.18. The largest absolute Gasteiger partial charge is 0.332 e. The zero-order valence-corrected chi connectivity index (χ0v) is 14.9. The molecule has 0 aliphatic rings. The van der Waals surface area contributed by atoms with E-state index in [9.17, 15) is 35.1 Å². The standard InChI is InChI=1S/C15H11N5O7S/c1-8-4-10(18(22)23)2-3-13(8)16-15(28)17-14(21)9-5-11(19(24)25)7-12(6-9)20(26)27/h2-7H,1H3,(H2,16,17,21,28). The minimum absolute atomic E-state index is 0.123. The average molecular weight is 405 g/mol. The van der Waals surface area contributed by atoms with Gasteiger partial charge in [-0.3, -0.25) is 40.5 Å². The highest BCUT2D eigenvalue weighted by molar-refractivity contribution is 7.80. The molecule has 0 aliphatic heterocycles. The second-order valence-electron chi connectivity index (χ2n) is 5.42. The van der Waals surface area contributed by atoms with E-state index in [1.807, 2.05) is 0 Å². The first kappa shape index (κ1) is 20.3. The number of rotatable bonds is 5. The topological polar surface area (TPSA) is 171 Å². The van der Waals surface area contributed by atoms with Crippen molar-refractivity contribution < 1.29 is 19.6 Å². The zero-order valence-electron chi connectivity index (χ0n) is 14.1. The lowest BCUT2D eigenvalue weighted by Crippen LogP contribution is -2.34. The fourth-order valence-electron chi connectivity index (χ4n) is 2.17. The number of anilines is 1. The van der Waals surface area contributed by atoms with E-state index in [0.29, 0.717) is 11.3 Å². The van der Waals surface area contributed by atoms with Crippen LogP contribution in [0.3, 0.4) is 0 Å². The Kier molecular flexibility index (Phi) is 5.90. The summed E-state index contributed by atoms with van der Waals surface area (Å²) in [6, 6.07) is 6.42. The van der Waals surface area contributed by atoms with Crippen LogP contribution in [-0.2, 0) is 0 Å². The van der Waals surface area contributed by atoms with Crippen LogP contribution in [-0.4, -0.2) is 25.8 Å². The van der Waals surface area contributed by atoms with Crippen molar-refractivity contribution in [2.24, 2.45) is 0 Å². The predicted molar refractivity (Wildman–Crippen MR) is 101 cm³/mol. The Labute approximate surface area is 161 Å². The van der Waals surface area contributed by atoms with Gasteiger partial charge in [0.1, 0.15) is 0 Å². The summed E-state index contributed by atoms with van der Waals surface area (Å²) in [7, 11) is 0. The maximum Gasteiger partial charge on any atom is 0.277 e. The van der Waals surface area contributed by atoms with E-state index in [2.05, 4.69) is 10.6 Å². The number of thiocarbonyl (C=S) groups is 1. The third kappa shape index (κ3) is 4.79. The molecular weight excluding hydrogens is 394 g/mol. The number of nitro benzene ring substituents is 3. The first-order valence-corrected chi connectivity index (χ1v) is 7.80. The lowest BCUT2D eigenvalue weighted by Gasteiger charge is -2.11. The first-order chi connectivity index (χ1) is 13.1. The van der Waals surface area contributed by atoms with Gasteiger partial charge < -0.3 is 5.32 Å². The van der Waals surface area contributed by atoms with E-state index < -0.39 is 32.1 Å². The van der Waals surface area contributed by atoms with Gasteiger partial charge in [-0.15, -0.1) is 0 Å². The molecule has 2 rings (SSSR count). The van der Waals surface area contributed by atoms with Gasteiger partial charge in [-0.25, -0.2) is 0 Å². The van der Waals surface area contributed by atoms with Gasteiger partial charge in [-0.2, -0.15) is 0 Å². The molecule has 0 heterocycles. The summed E-state index contributed by atoms with van der Waals surface area (Å²) < 4.78 is 0. The molecule has 0 unspecified atom stereocenters. The molecule has 2 aromatic carbocycles. The van der Waals surface area contributed by atoms with Gasteiger partial charge in [-0.05, 0) is 30.8 Å². The molecule has 2 aromatic rings. The molecule has 28 heavy (non-hydrogen) atoms. The highest BCUT2D eigenvalue weighted by atomic mass is 32.1. The molecule has 0 radical (unpaired) electrons. The number of nitrogens with zero attached hydrogens (tertiary/aromatic N) is 3. The number of benzene rings is 2. The number of hydrogen-bond donors (Lipinski definition) is 2. The molecule has 0 saturated carbocycles. The quantitative estimate of drug-likeness (QED) is 0.431. The van der Waals surface area contributed by atoms with Crippen LogP contribution >= 0.6 is 12.2 Å². The lowest BCUT2D eigenvalue weighted by molar-refractivity contribution is -0.394. The Bertz CT molecular complexity index is 992. The number of carbonyl (C=O) groups excluding carboxylic acids is 1. The third-order valence-corrected chi connectivity index (χ3v) is 3.69. The van der Waals surface area contributed by atoms with Crippen molar-refractivity contribution in [1.29, 1.82) is 0 Å². The molecule has 1 amide bonds. The van der Waals surface area contributed by atoms with Gasteiger partial charge in [0.05, 0.1) is 26.4 Å². The first-order valence-electron chi connectivity index (χ1n) is 7.39. The van der Waals surface area contributed by atoms with Crippen molar-refractivity contribution in [2.45, 2.75) is 6.92 Å². The molecule has 0 atom stereocenters. The van der Waals surface area contributed by atoms with E-state index in [0.717, 1.165) is 18.2 Å². The molecule has 0 bridgehead atoms. The number of hydrogen-bond acceptors (Lipinski definition) is 8. The molecule has 2 N–H and O–H groups in total. The van der Waals surface area contributed by atoms with Crippen molar-refractivity contribution >= 4 is 46.0 Å². The number of nitrogens with one attached hydrogen (secondary N) is 2. The summed E-state index contributed by atoms with van der Waals surface area (Å²) in [5, 5.41) is 37.2. The number of aryl methyl sites for hydroxylation is 1. The van der Waals surface area contributed by atoms with E-state index >= 15 is 0 Å². The number of nitro groups is 3. The fourth-order valence-corrected chi connectivity index (χ4v) is 2.37. The predicted octanol–water partition coefficient (Wildman–Crippen LogP) is 2.85. The van der Waals surface area contributed by atoms with Gasteiger partial charge in [0.2, 0.25) is 0 Å². The van der Waals surface area contributed by atoms with Crippen LogP contribution < -0.4 is 10.6 Å². The monoisotopic (exact) mass is 405 g/mol. The molecule has 144 valence electrons. The van der Waals surface area contributed by atoms with Crippen LogP contribution in [0.1, 0.15) is 15.9 Å². The number of amides is 1. The minimum atomic E-state index is -0.899. The maximum absolute atomic E-state index is 12.3. The normalized spacial score (nSPS) is 10.0. The van der Waals surface area contributed by atoms with Crippen LogP contribution in [0.4, 0.5) is 22.7 Å². The molecule has 0 aromatic heterocycles. The van der Waals surface area contributed by atoms with Gasteiger partial charge in [0.15, 0.2) is 5.11 Å². The van der Waals surface area contributed by atoms with Crippen LogP contribution in [0.25, 0.3) is 0 Å². The van der Waals surface area contributed by atoms with E-state index in [1.165, 1.54) is 18.2 Å². The molecule has 0 saturated heterocycles. The highest BCUT2D eigenvalue weighted by Gasteiger charge is 2.20. The fraction of sp³-hybridized carbons (Fsp3) is 0.0667. The molecule has 12 nitrogen and oxygen atoms in total. The highest BCUT2D eigenvalue weighted by Crippen LogP contribution is 2.23. The van der Waals surface area contributed by atoms with Crippen molar-refractivity contribution in [2.75, 3.05) is 5.32 Å². The molecule has 0 spiro atoms. The molecular formula is C15H11N5O7S. The molecule has 0 fully saturated rings. The minimum Gasteiger partial charge on any atom is -0.332 e. The summed E-state index contributed by atoms with van der Waals surface area (Å²) in [4.78, 5) is 42.5. The van der Waals surface area contributed by atoms with Crippen molar-refractivity contribution in [3.05, 3.63) is 77.9 Å². The molecule has 13 heteroatoms. The van der Waals surface area contributed by atoms with Crippen LogP contribution in [0, 0.1) is 37.3 Å². The Morgan fingerprint density at radius 1 is 0.893 bits per heavy atom. The Morgan fingerprint density at radius 3 is 1.89 bits per heavy atom. The van der Waals surface area contributed by atoms with E-state index in [-0.39, 0.29) is 16.4 Å². The average Bonchev–Trinajstić information content (AvgIpc) is 2.62. The molecule has 0 aliphatic carbocycles. The number of carbonyl (C=O) groups is 1. The van der Waals surface area contributed by atoms with E-state index in [1.54, 1.807) is 6.92 Å². The van der Waals surface area contributed by atoms with Crippen molar-refractivity contribution in [1.82, 2.24) is 5.32 Å². The summed E-state index contributed by atoms with van der Waals surface area (Å²) in [6.45, 7) is 1.59. The second kappa shape index (κ2) is 8.13. The van der Waals surface area contributed by atoms with E-state index in [4.69, 9.17) is 12.2 Å². The number of non-ortho nitro benzene ring substituents is 3. The maximum atomic E-state index is 12.3. The van der Waals surface area contributed by atoms with Crippen LogP contribution in [0.15, 0.2) is 36.4 Å². The third-order valence-electron chi connectivity index (χ3n) is 3.48. The van der Waals surface area contributed by atoms with Gasteiger partial charge in [0.25, 0.3) is 23.0 Å². The Morgan fingerprint density at radius 2 is 1.43 bits per heavy atom. The smallest absolute Gasteiger partial charge is 0.277 e. The Hall–Kier alpha value is -4.00. The van der Waals surface area contributed by atoms with Crippen LogP contribution in [0.5, 0.6) is 0 Å². The second-order valence-corrected chi connectivity index (χ2v) is 5.83. The SMILES string of the molecule is Cc1cc([N+](=O)[O-])ccc1NC(=S)NC(=O)c1cc([N+](=O)[O-])cc([N+](=O)[O-])c1. The zero-order chi connectivity index (χ0) is 21.0. The van der Waals surface area contributed by atoms with Gasteiger partial charge in [-0.1, -0.05) is 0 Å². The van der Waals surface area contributed by atoms with Crippen molar-refractivity contribution in [3.8, 4) is 0 Å².